The first-order chi connectivity index (χ1) is 9.58. The normalized spacial score (nSPS) is 10.7. The van der Waals surface area contributed by atoms with E-state index in [2.05, 4.69) is 15.3 Å². The van der Waals surface area contributed by atoms with Crippen LogP contribution in [0, 0.1) is 0 Å². The Hall–Kier alpha value is -2.41. The number of carbonyl (C=O) groups excluding carboxylic acids is 1. The van der Waals surface area contributed by atoms with Crippen molar-refractivity contribution in [3.63, 3.8) is 0 Å². The van der Waals surface area contributed by atoms with Gasteiger partial charge in [0.05, 0.1) is 19.0 Å². The number of amides is 1. The Morgan fingerprint density at radius 2 is 2.15 bits per heavy atom. The topological polar surface area (TPSA) is 83.8 Å². The van der Waals surface area contributed by atoms with Crippen molar-refractivity contribution in [2.45, 2.75) is 6.92 Å². The molecule has 0 aliphatic rings. The van der Waals surface area contributed by atoms with Crippen LogP contribution in [0.15, 0.2) is 29.3 Å². The van der Waals surface area contributed by atoms with E-state index in [1.165, 1.54) is 13.1 Å². The number of methoxy groups -OCH3 is 1. The van der Waals surface area contributed by atoms with Gasteiger partial charge >= 0.3 is 0 Å². The smallest absolute Gasteiger partial charge is 0.233 e. The summed E-state index contributed by atoms with van der Waals surface area (Å²) in [4.78, 5) is 19.4. The molecule has 20 heavy (non-hydrogen) atoms. The Morgan fingerprint density at radius 1 is 1.45 bits per heavy atom. The first-order valence-electron chi connectivity index (χ1n) is 5.74. The number of aliphatic imine (C=N–C) groups is 1. The summed E-state index contributed by atoms with van der Waals surface area (Å²) in [6.45, 7) is 1.38. The molecule has 0 fully saturated rings. The van der Waals surface area contributed by atoms with Crippen molar-refractivity contribution < 1.29 is 14.6 Å². The zero-order valence-electron chi connectivity index (χ0n) is 11.0. The molecule has 0 atom stereocenters. The maximum absolute atomic E-state index is 10.9. The molecule has 0 saturated heterocycles. The Kier molecular flexibility index (Phi) is 4.31. The molecule has 2 N–H and O–H groups in total. The highest BCUT2D eigenvalue weighted by Gasteiger charge is 2.09. The molecule has 0 spiro atoms. The zero-order valence-corrected chi connectivity index (χ0v) is 11.8. The number of thiazole rings is 1. The van der Waals surface area contributed by atoms with Crippen molar-refractivity contribution in [2.24, 2.45) is 4.99 Å². The molecule has 2 aromatic rings. The number of benzene rings is 1. The number of hydrogen-bond acceptors (Lipinski definition) is 6. The van der Waals surface area contributed by atoms with Crippen LogP contribution in [0.4, 0.5) is 10.8 Å². The molecular formula is C13H13N3O3S. The quantitative estimate of drug-likeness (QED) is 0.848. The molecule has 1 amide bonds. The van der Waals surface area contributed by atoms with Crippen molar-refractivity contribution in [2.75, 3.05) is 12.4 Å². The predicted molar refractivity (Wildman–Crippen MR) is 78.3 cm³/mol. The lowest BCUT2D eigenvalue weighted by atomic mass is 10.3. The van der Waals surface area contributed by atoms with Gasteiger partial charge in [0.25, 0.3) is 0 Å². The highest BCUT2D eigenvalue weighted by atomic mass is 32.1. The molecule has 0 bridgehead atoms. The zero-order chi connectivity index (χ0) is 14.5. The maximum Gasteiger partial charge on any atom is 0.233 e. The number of ether oxygens (including phenoxy) is 1. The standard InChI is InChI=1S/C13H13N3O3S/c1-8(17)15-13-16-12(18)11(20-13)7-14-9-3-5-10(19-2)6-4-9/h3-7,18H,1-2H3,(H,15,16,17). The van der Waals surface area contributed by atoms with Gasteiger partial charge < -0.3 is 15.2 Å². The highest BCUT2D eigenvalue weighted by molar-refractivity contribution is 7.17. The molecule has 1 heterocycles. The van der Waals surface area contributed by atoms with Crippen LogP contribution in [0.3, 0.4) is 0 Å². The maximum atomic E-state index is 10.9. The average molecular weight is 291 g/mol. The monoisotopic (exact) mass is 291 g/mol. The van der Waals surface area contributed by atoms with E-state index < -0.39 is 0 Å². The number of nitrogens with one attached hydrogen (secondary N) is 1. The third-order valence-electron chi connectivity index (χ3n) is 2.32. The van der Waals surface area contributed by atoms with Crippen molar-refractivity contribution in [3.8, 4) is 11.6 Å². The summed E-state index contributed by atoms with van der Waals surface area (Å²) < 4.78 is 5.05. The van der Waals surface area contributed by atoms with Crippen molar-refractivity contribution in [3.05, 3.63) is 29.1 Å². The number of aromatic nitrogens is 1. The van der Waals surface area contributed by atoms with E-state index in [1.54, 1.807) is 31.4 Å². The Morgan fingerprint density at radius 3 is 2.75 bits per heavy atom. The third-order valence-corrected chi connectivity index (χ3v) is 3.22. The van der Waals surface area contributed by atoms with E-state index in [0.29, 0.717) is 10.0 Å². The van der Waals surface area contributed by atoms with E-state index in [0.717, 1.165) is 22.8 Å². The highest BCUT2D eigenvalue weighted by Crippen LogP contribution is 2.27. The van der Waals surface area contributed by atoms with Crippen LogP contribution in [-0.4, -0.2) is 29.3 Å². The number of anilines is 1. The summed E-state index contributed by atoms with van der Waals surface area (Å²) >= 11 is 1.15. The van der Waals surface area contributed by atoms with E-state index >= 15 is 0 Å². The van der Waals surface area contributed by atoms with Crippen molar-refractivity contribution in [1.29, 1.82) is 0 Å². The lowest BCUT2D eigenvalue weighted by molar-refractivity contribution is -0.114. The van der Waals surface area contributed by atoms with Crippen LogP contribution >= 0.6 is 11.3 Å². The van der Waals surface area contributed by atoms with Gasteiger partial charge in [0.1, 0.15) is 10.6 Å². The summed E-state index contributed by atoms with van der Waals surface area (Å²) in [5, 5.41) is 12.5. The third kappa shape index (κ3) is 3.55. The lowest BCUT2D eigenvalue weighted by Gasteiger charge is -1.98. The molecule has 0 aliphatic heterocycles. The second-order valence-corrected chi connectivity index (χ2v) is 4.87. The van der Waals surface area contributed by atoms with Crippen LogP contribution < -0.4 is 10.1 Å². The predicted octanol–water partition coefficient (Wildman–Crippen LogP) is 2.57. The number of nitrogens with zero attached hydrogens (tertiary/aromatic N) is 2. The summed E-state index contributed by atoms with van der Waals surface area (Å²) in [6, 6.07) is 7.17. The molecule has 2 rings (SSSR count). The molecule has 0 aliphatic carbocycles. The summed E-state index contributed by atoms with van der Waals surface area (Å²) in [5.41, 5.74) is 0.722. The van der Waals surface area contributed by atoms with Crippen LogP contribution in [0.2, 0.25) is 0 Å². The molecule has 0 saturated carbocycles. The van der Waals surface area contributed by atoms with E-state index in [-0.39, 0.29) is 11.8 Å². The van der Waals surface area contributed by atoms with Gasteiger partial charge in [-0.05, 0) is 24.3 Å². The second kappa shape index (κ2) is 6.16. The molecule has 6 nitrogen and oxygen atoms in total. The number of hydrogen-bond donors (Lipinski definition) is 2. The first kappa shape index (κ1) is 14.0. The first-order valence-corrected chi connectivity index (χ1v) is 6.55. The molecule has 1 aromatic carbocycles. The molecule has 0 unspecified atom stereocenters. The minimum absolute atomic E-state index is 0.156. The van der Waals surface area contributed by atoms with Crippen LogP contribution in [0.25, 0.3) is 0 Å². The SMILES string of the molecule is COc1ccc(N=Cc2sc(NC(C)=O)nc2O)cc1. The van der Waals surface area contributed by atoms with Gasteiger partial charge in [-0.1, -0.05) is 11.3 Å². The fraction of sp³-hybridized carbons (Fsp3) is 0.154. The minimum Gasteiger partial charge on any atom is -0.497 e. The minimum atomic E-state index is -0.239. The number of rotatable bonds is 4. The van der Waals surface area contributed by atoms with E-state index in [4.69, 9.17) is 4.74 Å². The average Bonchev–Trinajstić information content (AvgIpc) is 2.76. The van der Waals surface area contributed by atoms with Crippen LogP contribution in [0.1, 0.15) is 11.8 Å². The Bertz CT molecular complexity index is 635. The molecule has 0 radical (unpaired) electrons. The van der Waals surface area contributed by atoms with E-state index in [9.17, 15) is 9.90 Å². The van der Waals surface area contributed by atoms with Gasteiger partial charge in [-0.15, -0.1) is 0 Å². The fourth-order valence-corrected chi connectivity index (χ4v) is 2.19. The fourth-order valence-electron chi connectivity index (χ4n) is 1.41. The van der Waals surface area contributed by atoms with Gasteiger partial charge in [0, 0.05) is 6.92 Å². The van der Waals surface area contributed by atoms with Gasteiger partial charge in [-0.2, -0.15) is 4.98 Å². The van der Waals surface area contributed by atoms with Gasteiger partial charge in [0.2, 0.25) is 11.8 Å². The molecule has 7 heteroatoms. The number of aromatic hydroxyl groups is 1. The Labute approximate surface area is 119 Å². The van der Waals surface area contributed by atoms with Gasteiger partial charge in [-0.3, -0.25) is 9.79 Å². The van der Waals surface area contributed by atoms with Crippen molar-refractivity contribution >= 4 is 34.3 Å². The molecular weight excluding hydrogens is 278 g/mol. The second-order valence-electron chi connectivity index (χ2n) is 3.84. The summed E-state index contributed by atoms with van der Waals surface area (Å²) in [5.74, 6) is 0.353. The number of carbonyl (C=O) groups is 1. The van der Waals surface area contributed by atoms with Crippen LogP contribution in [0.5, 0.6) is 11.6 Å². The summed E-state index contributed by atoms with van der Waals surface area (Å²) in [7, 11) is 1.59. The summed E-state index contributed by atoms with van der Waals surface area (Å²) in [6.07, 6.45) is 1.50. The van der Waals surface area contributed by atoms with Gasteiger partial charge in [-0.25, -0.2) is 0 Å². The largest absolute Gasteiger partial charge is 0.497 e. The van der Waals surface area contributed by atoms with Crippen LogP contribution in [-0.2, 0) is 4.79 Å². The van der Waals surface area contributed by atoms with Gasteiger partial charge in [0.15, 0.2) is 5.13 Å². The lowest BCUT2D eigenvalue weighted by Crippen LogP contribution is -2.04. The molecule has 104 valence electrons. The van der Waals surface area contributed by atoms with Crippen molar-refractivity contribution in [1.82, 2.24) is 4.98 Å². The molecule has 1 aromatic heterocycles. The Balaban J connectivity index is 2.13. The van der Waals surface area contributed by atoms with E-state index in [1.807, 2.05) is 0 Å².